The van der Waals surface area contributed by atoms with Crippen LogP contribution in [-0.4, -0.2) is 74.9 Å². The fourth-order valence-corrected chi connectivity index (χ4v) is 7.46. The predicted molar refractivity (Wildman–Crippen MR) is 166 cm³/mol. The number of allylic oxidation sites excluding steroid dienone is 4. The first-order valence-corrected chi connectivity index (χ1v) is 16.7. The van der Waals surface area contributed by atoms with Crippen LogP contribution in [0, 0.1) is 23.7 Å². The van der Waals surface area contributed by atoms with Crippen molar-refractivity contribution in [1.82, 2.24) is 4.90 Å². The summed E-state index contributed by atoms with van der Waals surface area (Å²) in [6.07, 6.45) is 16.2. The quantitative estimate of drug-likeness (QED) is 0.380. The van der Waals surface area contributed by atoms with Crippen LogP contribution in [-0.2, 0) is 19.1 Å². The third-order valence-electron chi connectivity index (χ3n) is 10.4. The Kier molecular flexibility index (Phi) is 12.1. The highest BCUT2D eigenvalue weighted by Gasteiger charge is 2.46. The molecule has 0 aromatic carbocycles. The van der Waals surface area contributed by atoms with E-state index in [1.807, 2.05) is 38.2 Å². The molecular weight excluding hydrogens is 546 g/mol. The number of hydrogen-bond donors (Lipinski definition) is 3. The number of esters is 1. The number of aliphatic hydroxyl groups is 3. The van der Waals surface area contributed by atoms with Gasteiger partial charge in [-0.15, -0.1) is 0 Å². The molecule has 1 aliphatic carbocycles. The van der Waals surface area contributed by atoms with Crippen LogP contribution in [0.5, 0.6) is 0 Å². The van der Waals surface area contributed by atoms with Crippen molar-refractivity contribution in [3.63, 3.8) is 0 Å². The number of nitrogens with zero attached hydrogens (tertiary/aromatic N) is 1. The Hall–Kier alpha value is -2.00. The van der Waals surface area contributed by atoms with E-state index >= 15 is 0 Å². The molecule has 3 fully saturated rings. The van der Waals surface area contributed by atoms with E-state index in [2.05, 4.69) is 19.9 Å². The Labute approximate surface area is 258 Å². The molecule has 3 heterocycles. The van der Waals surface area contributed by atoms with E-state index < -0.39 is 17.9 Å². The fourth-order valence-electron chi connectivity index (χ4n) is 7.46. The van der Waals surface area contributed by atoms with Gasteiger partial charge in [-0.3, -0.25) is 4.79 Å². The number of fused-ring (bicyclic) bond motifs is 3. The summed E-state index contributed by atoms with van der Waals surface area (Å²) < 4.78 is 12.5. The fraction of sp³-hybridized carbons (Fsp3) is 0.771. The van der Waals surface area contributed by atoms with Gasteiger partial charge < -0.3 is 29.7 Å². The molecule has 2 saturated heterocycles. The van der Waals surface area contributed by atoms with Crippen molar-refractivity contribution >= 4 is 11.9 Å². The molecule has 1 saturated carbocycles. The molecule has 0 radical (unpaired) electrons. The third kappa shape index (κ3) is 9.03. The van der Waals surface area contributed by atoms with Crippen LogP contribution in [0.15, 0.2) is 36.0 Å². The van der Waals surface area contributed by atoms with Gasteiger partial charge in [0.15, 0.2) is 5.79 Å². The number of rotatable bonds is 3. The molecule has 3 N–H and O–H groups in total. The van der Waals surface area contributed by atoms with Gasteiger partial charge in [-0.2, -0.15) is 0 Å². The van der Waals surface area contributed by atoms with Crippen LogP contribution in [0.4, 0.5) is 0 Å². The Morgan fingerprint density at radius 2 is 1.74 bits per heavy atom. The lowest BCUT2D eigenvalue weighted by Crippen LogP contribution is -2.55. The monoisotopic (exact) mass is 601 g/mol. The second kappa shape index (κ2) is 15.3. The van der Waals surface area contributed by atoms with Crippen LogP contribution in [0.3, 0.4) is 0 Å². The van der Waals surface area contributed by atoms with Gasteiger partial charge in [-0.05, 0) is 88.5 Å². The molecule has 0 aromatic heterocycles. The molecule has 8 atom stereocenters. The molecule has 4 aliphatic rings. The molecule has 242 valence electrons. The number of piperidine rings is 1. The normalized spacial score (nSPS) is 42.2. The van der Waals surface area contributed by atoms with Crippen LogP contribution < -0.4 is 0 Å². The van der Waals surface area contributed by atoms with Crippen molar-refractivity contribution < 1.29 is 34.4 Å². The summed E-state index contributed by atoms with van der Waals surface area (Å²) in [5, 5.41) is 32.4. The van der Waals surface area contributed by atoms with E-state index in [0.717, 1.165) is 50.5 Å². The lowest BCUT2D eigenvalue weighted by molar-refractivity contribution is -0.283. The lowest BCUT2D eigenvalue weighted by Gasteiger charge is -2.44. The zero-order valence-electron chi connectivity index (χ0n) is 26.7. The van der Waals surface area contributed by atoms with Gasteiger partial charge in [0.25, 0.3) is 0 Å². The van der Waals surface area contributed by atoms with Gasteiger partial charge in [0.1, 0.15) is 12.1 Å². The number of hydrogen-bond acceptors (Lipinski definition) is 7. The zero-order chi connectivity index (χ0) is 31.1. The minimum atomic E-state index is -1.66. The molecule has 1 unspecified atom stereocenters. The van der Waals surface area contributed by atoms with E-state index in [1.54, 1.807) is 4.90 Å². The first-order chi connectivity index (χ1) is 20.5. The molecule has 8 nitrogen and oxygen atoms in total. The molecular formula is C35H55NO7. The number of aliphatic hydroxyl groups excluding tert-OH is 2. The van der Waals surface area contributed by atoms with Crippen LogP contribution in [0.1, 0.15) is 105 Å². The molecule has 0 spiro atoms. The SMILES string of the molecule is C\C1=C/C=C/C=C/[C@@H](C)C([C@H](C)C[C@H]2CC[C@H](O)CC2)OC(=O)[C@@H]2CCCCN2C(=O)C[C@]2(O)O[C@@H](CC[C@H]2C)C[C@@H]1O. The summed E-state index contributed by atoms with van der Waals surface area (Å²) in [7, 11) is 0. The molecule has 0 aromatic rings. The van der Waals surface area contributed by atoms with Crippen molar-refractivity contribution in [2.75, 3.05) is 6.54 Å². The van der Waals surface area contributed by atoms with E-state index in [-0.39, 0.29) is 54.4 Å². The standard InChI is InChI=1S/C35H55NO7/c1-23-10-6-5-7-11-24(2)33(25(3)20-27-14-16-28(37)17-15-27)42-34(40)30-12-8-9-19-36(30)32(39)22-35(41)26(4)13-18-29(43-35)21-31(23)38/h5-7,10-11,24-31,33,37-38,41H,8-9,12-22H2,1-4H3/b6-5+,11-7+,23-10+/t24-,25-,26-,27-,28-,29+,30+,31+,33?,35+/m1/s1. The number of carbonyl (C=O) groups is 2. The maximum Gasteiger partial charge on any atom is 0.329 e. The van der Waals surface area contributed by atoms with Crippen molar-refractivity contribution in [2.45, 2.75) is 141 Å². The van der Waals surface area contributed by atoms with Crippen LogP contribution >= 0.6 is 0 Å². The van der Waals surface area contributed by atoms with Crippen molar-refractivity contribution in [3.05, 3.63) is 36.0 Å². The third-order valence-corrected chi connectivity index (χ3v) is 10.4. The van der Waals surface area contributed by atoms with E-state index in [4.69, 9.17) is 9.47 Å². The first-order valence-electron chi connectivity index (χ1n) is 16.7. The average molecular weight is 602 g/mol. The predicted octanol–water partition coefficient (Wildman–Crippen LogP) is 5.21. The highest BCUT2D eigenvalue weighted by molar-refractivity contribution is 5.85. The molecule has 3 aliphatic heterocycles. The lowest BCUT2D eigenvalue weighted by atomic mass is 9.79. The van der Waals surface area contributed by atoms with E-state index in [1.165, 1.54) is 0 Å². The van der Waals surface area contributed by atoms with Gasteiger partial charge in [0.05, 0.1) is 24.7 Å². The number of cyclic esters (lactones) is 1. The molecule has 43 heavy (non-hydrogen) atoms. The Bertz CT molecular complexity index is 1030. The van der Waals surface area contributed by atoms with Gasteiger partial charge in [-0.25, -0.2) is 4.79 Å². The molecule has 8 heteroatoms. The summed E-state index contributed by atoms with van der Waals surface area (Å²) in [5.41, 5.74) is 0.798. The molecule has 2 bridgehead atoms. The second-order valence-electron chi connectivity index (χ2n) is 13.9. The van der Waals surface area contributed by atoms with Crippen molar-refractivity contribution in [1.29, 1.82) is 0 Å². The maximum atomic E-state index is 13.8. The first kappa shape index (κ1) is 33.9. The summed E-state index contributed by atoms with van der Waals surface area (Å²) in [6, 6.07) is -0.689. The van der Waals surface area contributed by atoms with Gasteiger partial charge in [0.2, 0.25) is 5.91 Å². The Balaban J connectivity index is 1.60. The van der Waals surface area contributed by atoms with Crippen molar-refractivity contribution in [2.24, 2.45) is 23.7 Å². The topological polar surface area (TPSA) is 117 Å². The molecule has 4 rings (SSSR count). The van der Waals surface area contributed by atoms with Gasteiger partial charge in [-0.1, -0.05) is 51.2 Å². The smallest absolute Gasteiger partial charge is 0.329 e. The van der Waals surface area contributed by atoms with Crippen LogP contribution in [0.2, 0.25) is 0 Å². The largest absolute Gasteiger partial charge is 0.460 e. The maximum absolute atomic E-state index is 13.8. The minimum absolute atomic E-state index is 0.0579. The average Bonchev–Trinajstić information content (AvgIpc) is 2.97. The van der Waals surface area contributed by atoms with E-state index in [0.29, 0.717) is 38.1 Å². The highest BCUT2D eigenvalue weighted by Crippen LogP contribution is 2.38. The summed E-state index contributed by atoms with van der Waals surface area (Å²) in [4.78, 5) is 29.2. The minimum Gasteiger partial charge on any atom is -0.460 e. The van der Waals surface area contributed by atoms with Gasteiger partial charge >= 0.3 is 5.97 Å². The zero-order valence-corrected chi connectivity index (χ0v) is 26.7. The van der Waals surface area contributed by atoms with Gasteiger partial charge in [0, 0.05) is 24.8 Å². The summed E-state index contributed by atoms with van der Waals surface area (Å²) in [6.45, 7) is 8.42. The number of amides is 1. The Morgan fingerprint density at radius 3 is 2.49 bits per heavy atom. The second-order valence-corrected chi connectivity index (χ2v) is 13.9. The Morgan fingerprint density at radius 1 is 1.00 bits per heavy atom. The van der Waals surface area contributed by atoms with E-state index in [9.17, 15) is 24.9 Å². The molecule has 1 amide bonds. The number of ether oxygens (including phenoxy) is 2. The highest BCUT2D eigenvalue weighted by atomic mass is 16.6. The summed E-state index contributed by atoms with van der Waals surface area (Å²) >= 11 is 0. The summed E-state index contributed by atoms with van der Waals surface area (Å²) in [5.74, 6) is -2.06. The van der Waals surface area contributed by atoms with Crippen LogP contribution in [0.25, 0.3) is 0 Å². The number of carbonyl (C=O) groups excluding carboxylic acids is 2. The van der Waals surface area contributed by atoms with Crippen molar-refractivity contribution in [3.8, 4) is 0 Å².